The molecule has 0 bridgehead atoms. The normalized spacial score (nSPS) is 18.1. The van der Waals surface area contributed by atoms with Crippen molar-refractivity contribution in [2.24, 2.45) is 0 Å². The number of amides is 1. The quantitative estimate of drug-likeness (QED) is 0.924. The van der Waals surface area contributed by atoms with Crippen molar-refractivity contribution >= 4 is 15.7 Å². The number of nitrogens with one attached hydrogen (secondary N) is 1. The van der Waals surface area contributed by atoms with Crippen molar-refractivity contribution < 1.29 is 17.9 Å². The molecule has 24 heavy (non-hydrogen) atoms. The Kier molecular flexibility index (Phi) is 4.57. The number of carbonyl (C=O) groups excluding carboxylic acids is 1. The fourth-order valence-electron chi connectivity index (χ4n) is 2.74. The zero-order chi connectivity index (χ0) is 17.2. The molecule has 2 atom stereocenters. The molecule has 1 N–H and O–H groups in total. The van der Waals surface area contributed by atoms with Crippen molar-refractivity contribution in [3.63, 3.8) is 0 Å². The van der Waals surface area contributed by atoms with E-state index in [1.54, 1.807) is 18.2 Å². The Morgan fingerprint density at radius 2 is 1.79 bits per heavy atom. The van der Waals surface area contributed by atoms with Gasteiger partial charge in [-0.15, -0.1) is 0 Å². The van der Waals surface area contributed by atoms with Crippen LogP contribution in [0.4, 0.5) is 0 Å². The topological polar surface area (TPSA) is 72.5 Å². The molecule has 1 aliphatic rings. The van der Waals surface area contributed by atoms with Crippen molar-refractivity contribution in [1.29, 1.82) is 0 Å². The summed E-state index contributed by atoms with van der Waals surface area (Å²) in [6, 6.07) is 15.3. The Morgan fingerprint density at radius 3 is 2.54 bits per heavy atom. The molecule has 2 aromatic carbocycles. The van der Waals surface area contributed by atoms with Crippen LogP contribution in [0.1, 0.15) is 24.9 Å². The molecule has 0 saturated carbocycles. The predicted molar refractivity (Wildman–Crippen MR) is 90.5 cm³/mol. The Hall–Kier alpha value is -2.34. The highest BCUT2D eigenvalue weighted by molar-refractivity contribution is 7.92. The molecule has 0 spiro atoms. The van der Waals surface area contributed by atoms with Crippen LogP contribution in [0, 0.1) is 0 Å². The highest BCUT2D eigenvalue weighted by atomic mass is 32.2. The van der Waals surface area contributed by atoms with E-state index in [1.165, 1.54) is 19.1 Å². The first-order chi connectivity index (χ1) is 11.5. The standard InChI is InChI=1S/C18H19NO4S/c1-13(24(21,22)14-7-3-2-4-8-14)18(20)19-16-11-12-23-17-10-6-5-9-15(16)17/h2-10,13,16H,11-12H2,1H3,(H,19,20). The van der Waals surface area contributed by atoms with Gasteiger partial charge in [0.2, 0.25) is 5.91 Å². The van der Waals surface area contributed by atoms with Gasteiger partial charge >= 0.3 is 0 Å². The number of carbonyl (C=O) groups is 1. The van der Waals surface area contributed by atoms with E-state index in [9.17, 15) is 13.2 Å². The van der Waals surface area contributed by atoms with Gasteiger partial charge in [-0.05, 0) is 25.1 Å². The van der Waals surface area contributed by atoms with Gasteiger partial charge in [0.05, 0.1) is 17.5 Å². The Morgan fingerprint density at radius 1 is 1.12 bits per heavy atom. The van der Waals surface area contributed by atoms with E-state index >= 15 is 0 Å². The minimum absolute atomic E-state index is 0.153. The average molecular weight is 345 g/mol. The molecule has 3 rings (SSSR count). The number of rotatable bonds is 4. The molecule has 0 aliphatic carbocycles. The minimum Gasteiger partial charge on any atom is -0.493 e. The van der Waals surface area contributed by atoms with E-state index < -0.39 is 21.0 Å². The number of benzene rings is 2. The summed E-state index contributed by atoms with van der Waals surface area (Å²) in [7, 11) is -3.71. The first kappa shape index (κ1) is 16.5. The van der Waals surface area contributed by atoms with Crippen molar-refractivity contribution in [3.05, 3.63) is 60.2 Å². The van der Waals surface area contributed by atoms with Gasteiger partial charge in [0.1, 0.15) is 11.0 Å². The van der Waals surface area contributed by atoms with Crippen LogP contribution in [0.15, 0.2) is 59.5 Å². The van der Waals surface area contributed by atoms with Crippen LogP contribution >= 0.6 is 0 Å². The first-order valence-corrected chi connectivity index (χ1v) is 9.36. The fourth-order valence-corrected chi connectivity index (χ4v) is 4.03. The number of ether oxygens (including phenoxy) is 1. The molecule has 6 heteroatoms. The summed E-state index contributed by atoms with van der Waals surface area (Å²) in [6.45, 7) is 1.91. The van der Waals surface area contributed by atoms with Gasteiger partial charge in [-0.1, -0.05) is 36.4 Å². The second kappa shape index (κ2) is 6.65. The summed E-state index contributed by atoms with van der Waals surface area (Å²) in [5.74, 6) is 0.230. The monoisotopic (exact) mass is 345 g/mol. The summed E-state index contributed by atoms with van der Waals surface area (Å²) in [6.07, 6.45) is 0.612. The smallest absolute Gasteiger partial charge is 0.238 e. The van der Waals surface area contributed by atoms with Gasteiger partial charge in [-0.3, -0.25) is 4.79 Å². The van der Waals surface area contributed by atoms with E-state index in [1.807, 2.05) is 24.3 Å². The van der Waals surface area contributed by atoms with Gasteiger partial charge in [-0.2, -0.15) is 0 Å². The summed E-state index contributed by atoms with van der Waals surface area (Å²) in [5, 5.41) is 1.70. The summed E-state index contributed by atoms with van der Waals surface area (Å²) in [4.78, 5) is 12.7. The molecule has 2 unspecified atom stereocenters. The molecule has 126 valence electrons. The van der Waals surface area contributed by atoms with Gasteiger partial charge in [0.25, 0.3) is 0 Å². The number of hydrogen-bond acceptors (Lipinski definition) is 4. The molecule has 1 heterocycles. The van der Waals surface area contributed by atoms with E-state index in [0.717, 1.165) is 11.3 Å². The van der Waals surface area contributed by atoms with Crippen LogP contribution < -0.4 is 10.1 Å². The van der Waals surface area contributed by atoms with Gasteiger partial charge in [0.15, 0.2) is 9.84 Å². The highest BCUT2D eigenvalue weighted by Gasteiger charge is 2.32. The summed E-state index contributed by atoms with van der Waals surface area (Å²) >= 11 is 0. The summed E-state index contributed by atoms with van der Waals surface area (Å²) in [5.41, 5.74) is 0.876. The van der Waals surface area contributed by atoms with Crippen molar-refractivity contribution in [2.45, 2.75) is 29.5 Å². The number of fused-ring (bicyclic) bond motifs is 1. The van der Waals surface area contributed by atoms with Crippen LogP contribution in [0.3, 0.4) is 0 Å². The Balaban J connectivity index is 1.79. The van der Waals surface area contributed by atoms with Crippen molar-refractivity contribution in [3.8, 4) is 5.75 Å². The third-order valence-corrected chi connectivity index (χ3v) is 6.26. The van der Waals surface area contributed by atoms with Crippen molar-refractivity contribution in [2.75, 3.05) is 6.61 Å². The van der Waals surface area contributed by atoms with Crippen LogP contribution in [0.2, 0.25) is 0 Å². The van der Waals surface area contributed by atoms with Crippen LogP contribution in [0.5, 0.6) is 5.75 Å². The average Bonchev–Trinajstić information content (AvgIpc) is 2.62. The Bertz CT molecular complexity index is 833. The molecule has 2 aromatic rings. The zero-order valence-corrected chi connectivity index (χ0v) is 14.1. The van der Waals surface area contributed by atoms with E-state index in [-0.39, 0.29) is 10.9 Å². The molecule has 0 aromatic heterocycles. The predicted octanol–water partition coefficient (Wildman–Crippen LogP) is 2.49. The second-order valence-corrected chi connectivity index (χ2v) is 8.00. The largest absolute Gasteiger partial charge is 0.493 e. The molecule has 5 nitrogen and oxygen atoms in total. The summed E-state index contributed by atoms with van der Waals surface area (Å²) < 4.78 is 30.7. The number of hydrogen-bond donors (Lipinski definition) is 1. The molecule has 0 radical (unpaired) electrons. The molecule has 1 aliphatic heterocycles. The van der Waals surface area contributed by atoms with Crippen LogP contribution in [-0.4, -0.2) is 26.2 Å². The maximum absolute atomic E-state index is 12.6. The highest BCUT2D eigenvalue weighted by Crippen LogP contribution is 2.31. The maximum Gasteiger partial charge on any atom is 0.238 e. The lowest BCUT2D eigenvalue weighted by molar-refractivity contribution is -0.121. The molecular weight excluding hydrogens is 326 g/mol. The third kappa shape index (κ3) is 3.14. The molecule has 0 saturated heterocycles. The fraction of sp³-hybridized carbons (Fsp3) is 0.278. The third-order valence-electron chi connectivity index (χ3n) is 4.18. The molecule has 0 fully saturated rings. The Labute approximate surface area is 141 Å². The number of sulfone groups is 1. The maximum atomic E-state index is 12.6. The van der Waals surface area contributed by atoms with Gasteiger partial charge in [0, 0.05) is 12.0 Å². The van der Waals surface area contributed by atoms with Crippen molar-refractivity contribution in [1.82, 2.24) is 5.32 Å². The lowest BCUT2D eigenvalue weighted by Gasteiger charge is -2.27. The molecular formula is C18H19NO4S. The SMILES string of the molecule is CC(C(=O)NC1CCOc2ccccc21)S(=O)(=O)c1ccccc1. The van der Waals surface area contributed by atoms with E-state index in [4.69, 9.17) is 4.74 Å². The van der Waals surface area contributed by atoms with Crippen LogP contribution in [0.25, 0.3) is 0 Å². The zero-order valence-electron chi connectivity index (χ0n) is 13.3. The van der Waals surface area contributed by atoms with E-state index in [0.29, 0.717) is 13.0 Å². The lowest BCUT2D eigenvalue weighted by Crippen LogP contribution is -2.41. The van der Waals surface area contributed by atoms with Crippen LogP contribution in [-0.2, 0) is 14.6 Å². The first-order valence-electron chi connectivity index (χ1n) is 7.81. The molecule has 1 amide bonds. The van der Waals surface area contributed by atoms with E-state index in [2.05, 4.69) is 5.32 Å². The number of para-hydroxylation sites is 1. The van der Waals surface area contributed by atoms with Gasteiger partial charge < -0.3 is 10.1 Å². The lowest BCUT2D eigenvalue weighted by atomic mass is 10.0. The van der Waals surface area contributed by atoms with Gasteiger partial charge in [-0.25, -0.2) is 8.42 Å². The minimum atomic E-state index is -3.71. The second-order valence-electron chi connectivity index (χ2n) is 5.74.